The fraction of sp³-hybridized carbons (Fsp3) is 0.273. The first kappa shape index (κ1) is 12.4. The van der Waals surface area contributed by atoms with Crippen molar-refractivity contribution in [3.8, 4) is 0 Å². The Kier molecular flexibility index (Phi) is 4.06. The Labute approximate surface area is 113 Å². The van der Waals surface area contributed by atoms with Gasteiger partial charge in [0.15, 0.2) is 5.16 Å². The van der Waals surface area contributed by atoms with Gasteiger partial charge in [-0.1, -0.05) is 46.7 Å². The van der Waals surface area contributed by atoms with Crippen LogP contribution >= 0.6 is 27.7 Å². The van der Waals surface area contributed by atoms with E-state index >= 15 is 0 Å². The van der Waals surface area contributed by atoms with Crippen LogP contribution in [0.25, 0.3) is 0 Å². The van der Waals surface area contributed by atoms with Crippen LogP contribution in [0.4, 0.5) is 5.95 Å². The number of nitrogens with zero attached hydrogens (tertiary/aromatic N) is 3. The number of hydrogen-bond acceptors (Lipinski definition) is 4. The molecular weight excluding hydrogens is 300 g/mol. The van der Waals surface area contributed by atoms with Crippen molar-refractivity contribution >= 4 is 33.6 Å². The number of anilines is 1. The molecule has 0 unspecified atom stereocenters. The lowest BCUT2D eigenvalue weighted by Gasteiger charge is -2.07. The summed E-state index contributed by atoms with van der Waals surface area (Å²) >= 11 is 5.06. The highest BCUT2D eigenvalue weighted by Crippen LogP contribution is 2.20. The van der Waals surface area contributed by atoms with Crippen molar-refractivity contribution in [1.82, 2.24) is 14.8 Å². The van der Waals surface area contributed by atoms with E-state index in [-0.39, 0.29) is 0 Å². The highest BCUT2D eigenvalue weighted by molar-refractivity contribution is 9.10. The monoisotopic (exact) mass is 312 g/mol. The Hall–Kier alpha value is -1.01. The van der Waals surface area contributed by atoms with Gasteiger partial charge in [0.25, 0.3) is 0 Å². The van der Waals surface area contributed by atoms with Gasteiger partial charge in [0.05, 0.1) is 6.54 Å². The molecule has 0 saturated heterocycles. The van der Waals surface area contributed by atoms with E-state index in [2.05, 4.69) is 45.2 Å². The Bertz CT molecular complexity index is 495. The molecule has 0 atom stereocenters. The average Bonchev–Trinajstić information content (AvgIpc) is 2.65. The molecule has 4 nitrogen and oxygen atoms in total. The summed E-state index contributed by atoms with van der Waals surface area (Å²) in [6.07, 6.45) is 0. The fourth-order valence-corrected chi connectivity index (χ4v) is 2.39. The van der Waals surface area contributed by atoms with E-state index in [1.807, 2.05) is 16.7 Å². The second-order valence-corrected chi connectivity index (χ2v) is 5.63. The zero-order chi connectivity index (χ0) is 12.3. The third-order valence-corrected chi connectivity index (χ3v) is 3.65. The molecule has 6 heteroatoms. The van der Waals surface area contributed by atoms with Crippen LogP contribution < -0.4 is 5.73 Å². The number of thioether (sulfide) groups is 1. The van der Waals surface area contributed by atoms with E-state index in [1.165, 1.54) is 5.56 Å². The van der Waals surface area contributed by atoms with Gasteiger partial charge in [-0.25, -0.2) is 0 Å². The smallest absolute Gasteiger partial charge is 0.222 e. The minimum absolute atomic E-state index is 0.462. The third-order valence-electron chi connectivity index (χ3n) is 2.27. The van der Waals surface area contributed by atoms with Crippen LogP contribution in [-0.4, -0.2) is 20.5 Å². The molecule has 0 spiro atoms. The van der Waals surface area contributed by atoms with Gasteiger partial charge in [-0.05, 0) is 23.4 Å². The van der Waals surface area contributed by atoms with E-state index < -0.39 is 0 Å². The minimum atomic E-state index is 0.462. The molecule has 0 amide bonds. The number of nitrogen functional groups attached to an aromatic ring is 1. The first-order chi connectivity index (χ1) is 8.20. The van der Waals surface area contributed by atoms with Gasteiger partial charge in [-0.15, -0.1) is 10.2 Å². The van der Waals surface area contributed by atoms with E-state index in [9.17, 15) is 0 Å². The minimum Gasteiger partial charge on any atom is -0.368 e. The quantitative estimate of drug-likeness (QED) is 0.882. The van der Waals surface area contributed by atoms with Crippen molar-refractivity contribution in [2.45, 2.75) is 18.6 Å². The topological polar surface area (TPSA) is 56.7 Å². The first-order valence-electron chi connectivity index (χ1n) is 5.26. The summed E-state index contributed by atoms with van der Waals surface area (Å²) in [7, 11) is 0. The predicted octanol–water partition coefficient (Wildman–Crippen LogP) is 2.78. The molecule has 0 bridgehead atoms. The largest absolute Gasteiger partial charge is 0.368 e. The van der Waals surface area contributed by atoms with Crippen LogP contribution in [-0.2, 0) is 6.54 Å². The van der Waals surface area contributed by atoms with Crippen LogP contribution in [0.2, 0.25) is 0 Å². The summed E-state index contributed by atoms with van der Waals surface area (Å²) in [6, 6.07) is 8.15. The van der Waals surface area contributed by atoms with Gasteiger partial charge in [0.1, 0.15) is 0 Å². The molecular formula is C11H13BrN4S. The van der Waals surface area contributed by atoms with E-state index in [1.54, 1.807) is 11.8 Å². The highest BCUT2D eigenvalue weighted by Gasteiger charge is 2.09. The highest BCUT2D eigenvalue weighted by atomic mass is 79.9. The first-order valence-corrected chi connectivity index (χ1v) is 7.04. The van der Waals surface area contributed by atoms with Crippen molar-refractivity contribution in [1.29, 1.82) is 0 Å². The number of aromatic nitrogens is 3. The van der Waals surface area contributed by atoms with Crippen LogP contribution in [0.5, 0.6) is 0 Å². The summed E-state index contributed by atoms with van der Waals surface area (Å²) in [4.78, 5) is 0. The van der Waals surface area contributed by atoms with Crippen molar-refractivity contribution in [3.63, 3.8) is 0 Å². The van der Waals surface area contributed by atoms with Gasteiger partial charge in [0, 0.05) is 4.47 Å². The van der Waals surface area contributed by atoms with Crippen molar-refractivity contribution < 1.29 is 0 Å². The summed E-state index contributed by atoms with van der Waals surface area (Å²) < 4.78 is 3.00. The van der Waals surface area contributed by atoms with Gasteiger partial charge in [-0.2, -0.15) is 0 Å². The third kappa shape index (κ3) is 3.01. The zero-order valence-corrected chi connectivity index (χ0v) is 11.8. The molecule has 0 aliphatic rings. The van der Waals surface area contributed by atoms with Crippen molar-refractivity contribution in [2.75, 3.05) is 11.5 Å². The molecule has 90 valence electrons. The number of nitrogens with two attached hydrogens (primary N) is 1. The Morgan fingerprint density at radius 3 is 2.65 bits per heavy atom. The molecule has 2 N–H and O–H groups in total. The van der Waals surface area contributed by atoms with Crippen LogP contribution in [0.1, 0.15) is 12.5 Å². The van der Waals surface area contributed by atoms with E-state index in [0.717, 1.165) is 15.4 Å². The lowest BCUT2D eigenvalue weighted by Crippen LogP contribution is -2.06. The number of benzene rings is 1. The SMILES string of the molecule is CCSc1nnc(N)n1Cc1ccc(Br)cc1. The molecule has 17 heavy (non-hydrogen) atoms. The molecule has 0 radical (unpaired) electrons. The van der Waals surface area contributed by atoms with Crippen molar-refractivity contribution in [2.24, 2.45) is 0 Å². The molecule has 1 aromatic carbocycles. The molecule has 1 heterocycles. The van der Waals surface area contributed by atoms with Crippen LogP contribution in [0.3, 0.4) is 0 Å². The maximum Gasteiger partial charge on any atom is 0.222 e. The summed E-state index contributed by atoms with van der Waals surface area (Å²) in [6.45, 7) is 2.79. The lowest BCUT2D eigenvalue weighted by atomic mass is 10.2. The molecule has 0 saturated carbocycles. The summed E-state index contributed by atoms with van der Waals surface area (Å²) in [5, 5.41) is 8.84. The molecule has 1 aromatic heterocycles. The lowest BCUT2D eigenvalue weighted by molar-refractivity contribution is 0.717. The normalized spacial score (nSPS) is 10.7. The van der Waals surface area contributed by atoms with Gasteiger partial charge >= 0.3 is 0 Å². The summed E-state index contributed by atoms with van der Waals surface area (Å²) in [5.41, 5.74) is 6.99. The number of rotatable bonds is 4. The molecule has 0 aliphatic heterocycles. The fourth-order valence-electron chi connectivity index (χ4n) is 1.46. The van der Waals surface area contributed by atoms with Gasteiger partial charge in [0.2, 0.25) is 5.95 Å². The molecule has 0 fully saturated rings. The Morgan fingerprint density at radius 2 is 2.00 bits per heavy atom. The Morgan fingerprint density at radius 1 is 1.29 bits per heavy atom. The Balaban J connectivity index is 2.22. The standard InChI is InChI=1S/C11H13BrN4S/c1-2-17-11-15-14-10(13)16(11)7-8-3-5-9(12)6-4-8/h3-6H,2,7H2,1H3,(H2,13,14). The maximum absolute atomic E-state index is 5.82. The average molecular weight is 313 g/mol. The van der Waals surface area contributed by atoms with E-state index in [4.69, 9.17) is 5.73 Å². The second-order valence-electron chi connectivity index (χ2n) is 3.49. The summed E-state index contributed by atoms with van der Waals surface area (Å²) in [5.74, 6) is 1.42. The second kappa shape index (κ2) is 5.55. The van der Waals surface area contributed by atoms with Gasteiger partial charge < -0.3 is 5.73 Å². The van der Waals surface area contributed by atoms with E-state index in [0.29, 0.717) is 12.5 Å². The number of hydrogen-bond donors (Lipinski definition) is 1. The zero-order valence-electron chi connectivity index (χ0n) is 9.43. The van der Waals surface area contributed by atoms with Gasteiger partial charge in [-0.3, -0.25) is 4.57 Å². The van der Waals surface area contributed by atoms with Crippen LogP contribution in [0.15, 0.2) is 33.9 Å². The number of halogens is 1. The predicted molar refractivity (Wildman–Crippen MR) is 74.1 cm³/mol. The van der Waals surface area contributed by atoms with Crippen molar-refractivity contribution in [3.05, 3.63) is 34.3 Å². The molecule has 2 rings (SSSR count). The molecule has 2 aromatic rings. The maximum atomic E-state index is 5.82. The van der Waals surface area contributed by atoms with Crippen LogP contribution in [0, 0.1) is 0 Å². The molecule has 0 aliphatic carbocycles.